The number of aliphatic hydroxyl groups is 1. The molecule has 2 rings (SSSR count). The van der Waals surface area contributed by atoms with Gasteiger partial charge in [-0.15, -0.1) is 0 Å². The molecule has 112 valence electrons. The van der Waals surface area contributed by atoms with Gasteiger partial charge in [-0.05, 0) is 18.4 Å². The van der Waals surface area contributed by atoms with Crippen LogP contribution in [0.15, 0.2) is 30.5 Å². The number of nitro benzene ring substituents is 1. The van der Waals surface area contributed by atoms with E-state index in [0.29, 0.717) is 11.4 Å². The Balaban J connectivity index is 2.28. The molecule has 0 radical (unpaired) electrons. The molecule has 6 nitrogen and oxygen atoms in total. The first-order valence-electron chi connectivity index (χ1n) is 7.04. The highest BCUT2D eigenvalue weighted by Crippen LogP contribution is 2.28. The second-order valence-corrected chi connectivity index (χ2v) is 4.96. The predicted octanol–water partition coefficient (Wildman–Crippen LogP) is 2.96. The number of fused-ring (bicyclic) bond motifs is 1. The van der Waals surface area contributed by atoms with Crippen LogP contribution >= 0.6 is 0 Å². The van der Waals surface area contributed by atoms with Crippen molar-refractivity contribution >= 4 is 22.3 Å². The summed E-state index contributed by atoms with van der Waals surface area (Å²) in [5, 5.41) is 24.1. The maximum atomic E-state index is 11.0. The topological polar surface area (TPSA) is 88.3 Å². The molecule has 0 aliphatic heterocycles. The Labute approximate surface area is 123 Å². The highest BCUT2D eigenvalue weighted by molar-refractivity contribution is 5.96. The number of nitrogens with one attached hydrogen (secondary N) is 1. The molecule has 1 heterocycles. The van der Waals surface area contributed by atoms with Crippen molar-refractivity contribution in [2.45, 2.75) is 19.8 Å². The third-order valence-corrected chi connectivity index (χ3v) is 3.64. The van der Waals surface area contributed by atoms with Gasteiger partial charge in [0.15, 0.2) is 0 Å². The number of rotatable bonds is 7. The van der Waals surface area contributed by atoms with Gasteiger partial charge in [0, 0.05) is 36.5 Å². The molecule has 1 aromatic carbocycles. The summed E-state index contributed by atoms with van der Waals surface area (Å²) in [5.41, 5.74) is 1.24. The molecule has 6 heteroatoms. The van der Waals surface area contributed by atoms with Crippen LogP contribution in [0.5, 0.6) is 0 Å². The van der Waals surface area contributed by atoms with E-state index in [-0.39, 0.29) is 12.3 Å². The van der Waals surface area contributed by atoms with Crippen LogP contribution in [0.25, 0.3) is 10.9 Å². The molecule has 1 atom stereocenters. The molecular weight excluding hydrogens is 270 g/mol. The van der Waals surface area contributed by atoms with Gasteiger partial charge in [-0.2, -0.15) is 0 Å². The summed E-state index contributed by atoms with van der Waals surface area (Å²) in [6.45, 7) is 2.97. The number of anilines is 1. The Bertz CT molecular complexity index is 631. The second-order valence-electron chi connectivity index (χ2n) is 4.96. The van der Waals surface area contributed by atoms with Crippen LogP contribution in [0, 0.1) is 16.0 Å². The molecule has 21 heavy (non-hydrogen) atoms. The number of hydrogen-bond acceptors (Lipinski definition) is 5. The molecule has 0 saturated carbocycles. The van der Waals surface area contributed by atoms with Crippen molar-refractivity contribution in [1.29, 1.82) is 0 Å². The zero-order valence-electron chi connectivity index (χ0n) is 12.0. The quantitative estimate of drug-likeness (QED) is 0.604. The summed E-state index contributed by atoms with van der Waals surface area (Å²) in [6, 6.07) is 6.76. The molecular formula is C15H19N3O3. The van der Waals surface area contributed by atoms with Gasteiger partial charge in [0.05, 0.1) is 4.92 Å². The largest absolute Gasteiger partial charge is 0.396 e. The zero-order valence-corrected chi connectivity index (χ0v) is 12.0. The minimum Gasteiger partial charge on any atom is -0.396 e. The van der Waals surface area contributed by atoms with Crippen LogP contribution < -0.4 is 5.32 Å². The van der Waals surface area contributed by atoms with Gasteiger partial charge < -0.3 is 10.4 Å². The van der Waals surface area contributed by atoms with Gasteiger partial charge in [-0.25, -0.2) is 4.98 Å². The van der Waals surface area contributed by atoms with Crippen LogP contribution in [0.2, 0.25) is 0 Å². The van der Waals surface area contributed by atoms with E-state index in [1.54, 1.807) is 12.3 Å². The second kappa shape index (κ2) is 6.99. The number of nitrogens with zero attached hydrogens (tertiary/aromatic N) is 2. The van der Waals surface area contributed by atoms with Gasteiger partial charge in [0.25, 0.3) is 5.69 Å². The van der Waals surface area contributed by atoms with Crippen molar-refractivity contribution in [2.75, 3.05) is 18.5 Å². The van der Waals surface area contributed by atoms with Crippen molar-refractivity contribution in [3.05, 3.63) is 40.6 Å². The van der Waals surface area contributed by atoms with E-state index in [1.807, 2.05) is 12.1 Å². The van der Waals surface area contributed by atoms with E-state index in [4.69, 9.17) is 5.11 Å². The number of benzene rings is 1. The molecule has 0 bridgehead atoms. The SMILES string of the molecule is CCC(CCO)CNc1ccnc2c([N+](=O)[O-])cccc12. The number of aromatic nitrogens is 1. The fourth-order valence-electron chi connectivity index (χ4n) is 2.35. The summed E-state index contributed by atoms with van der Waals surface area (Å²) in [4.78, 5) is 14.7. The molecule has 0 fully saturated rings. The summed E-state index contributed by atoms with van der Waals surface area (Å²) >= 11 is 0. The number of nitro groups is 1. The van der Waals surface area contributed by atoms with Crippen LogP contribution in [0.4, 0.5) is 11.4 Å². The summed E-state index contributed by atoms with van der Waals surface area (Å²) in [7, 11) is 0. The fourth-order valence-corrected chi connectivity index (χ4v) is 2.35. The molecule has 2 aromatic rings. The Morgan fingerprint density at radius 2 is 2.24 bits per heavy atom. The maximum Gasteiger partial charge on any atom is 0.295 e. The Kier molecular flexibility index (Phi) is 5.05. The summed E-state index contributed by atoms with van der Waals surface area (Å²) in [5.74, 6) is 0.372. The minimum absolute atomic E-state index is 0.0125. The molecule has 0 spiro atoms. The zero-order chi connectivity index (χ0) is 15.2. The summed E-state index contributed by atoms with van der Waals surface area (Å²) in [6.07, 6.45) is 3.29. The third kappa shape index (κ3) is 3.46. The average molecular weight is 289 g/mol. The van der Waals surface area contributed by atoms with Gasteiger partial charge in [-0.1, -0.05) is 25.5 Å². The first-order chi connectivity index (χ1) is 10.2. The highest BCUT2D eigenvalue weighted by Gasteiger charge is 2.14. The van der Waals surface area contributed by atoms with E-state index < -0.39 is 4.92 Å². The maximum absolute atomic E-state index is 11.0. The van der Waals surface area contributed by atoms with Gasteiger partial charge in [0.1, 0.15) is 5.52 Å². The number of para-hydroxylation sites is 1. The standard InChI is InChI=1S/C15H19N3O3/c1-2-11(7-9-19)10-17-13-6-8-16-15-12(13)4-3-5-14(15)18(20)21/h3-6,8,11,19H,2,7,9-10H2,1H3,(H,16,17). The predicted molar refractivity (Wildman–Crippen MR) is 82.4 cm³/mol. The Morgan fingerprint density at radius 3 is 2.90 bits per heavy atom. The molecule has 0 amide bonds. The lowest BCUT2D eigenvalue weighted by molar-refractivity contribution is -0.383. The monoisotopic (exact) mass is 289 g/mol. The average Bonchev–Trinajstić information content (AvgIpc) is 2.50. The van der Waals surface area contributed by atoms with E-state index in [9.17, 15) is 10.1 Å². The van der Waals surface area contributed by atoms with Crippen LogP contribution in [0.3, 0.4) is 0 Å². The van der Waals surface area contributed by atoms with Crippen LogP contribution in [-0.4, -0.2) is 28.2 Å². The molecule has 2 N–H and O–H groups in total. The first kappa shape index (κ1) is 15.2. The number of hydrogen-bond donors (Lipinski definition) is 2. The Morgan fingerprint density at radius 1 is 1.43 bits per heavy atom. The lowest BCUT2D eigenvalue weighted by Crippen LogP contribution is -2.15. The third-order valence-electron chi connectivity index (χ3n) is 3.64. The van der Waals surface area contributed by atoms with Crippen molar-refractivity contribution in [3.63, 3.8) is 0 Å². The van der Waals surface area contributed by atoms with Crippen LogP contribution in [0.1, 0.15) is 19.8 Å². The van der Waals surface area contributed by atoms with Gasteiger partial charge in [0.2, 0.25) is 0 Å². The highest BCUT2D eigenvalue weighted by atomic mass is 16.6. The van der Waals surface area contributed by atoms with E-state index in [1.165, 1.54) is 6.07 Å². The lowest BCUT2D eigenvalue weighted by Gasteiger charge is -2.16. The van der Waals surface area contributed by atoms with Gasteiger partial charge in [-0.3, -0.25) is 10.1 Å². The van der Waals surface area contributed by atoms with E-state index in [2.05, 4.69) is 17.2 Å². The number of pyridine rings is 1. The van der Waals surface area contributed by atoms with Crippen LogP contribution in [-0.2, 0) is 0 Å². The lowest BCUT2D eigenvalue weighted by atomic mass is 10.0. The summed E-state index contributed by atoms with van der Waals surface area (Å²) < 4.78 is 0. The first-order valence-corrected chi connectivity index (χ1v) is 7.04. The number of aliphatic hydroxyl groups excluding tert-OH is 1. The molecule has 0 saturated heterocycles. The van der Waals surface area contributed by atoms with E-state index >= 15 is 0 Å². The van der Waals surface area contributed by atoms with Crippen molar-refractivity contribution in [3.8, 4) is 0 Å². The fraction of sp³-hybridized carbons (Fsp3) is 0.400. The van der Waals surface area contributed by atoms with E-state index in [0.717, 1.165) is 30.5 Å². The Hall–Kier alpha value is -2.21. The van der Waals surface area contributed by atoms with Crippen molar-refractivity contribution < 1.29 is 10.0 Å². The van der Waals surface area contributed by atoms with Crippen molar-refractivity contribution in [1.82, 2.24) is 4.98 Å². The van der Waals surface area contributed by atoms with Crippen molar-refractivity contribution in [2.24, 2.45) is 5.92 Å². The molecule has 0 aliphatic carbocycles. The number of non-ortho nitro benzene ring substituents is 1. The smallest absolute Gasteiger partial charge is 0.295 e. The van der Waals surface area contributed by atoms with Gasteiger partial charge >= 0.3 is 0 Å². The minimum atomic E-state index is -0.417. The molecule has 1 aromatic heterocycles. The molecule has 0 aliphatic rings. The normalized spacial score (nSPS) is 12.3. The molecule has 1 unspecified atom stereocenters.